The molecule has 0 amide bonds. The Morgan fingerprint density at radius 2 is 2.29 bits per heavy atom. The van der Waals surface area contributed by atoms with E-state index < -0.39 is 0 Å². The van der Waals surface area contributed by atoms with Crippen LogP contribution < -0.4 is 5.73 Å². The highest BCUT2D eigenvalue weighted by atomic mass is 16.5. The Morgan fingerprint density at radius 1 is 1.52 bits per heavy atom. The van der Waals surface area contributed by atoms with Crippen molar-refractivity contribution in [1.29, 1.82) is 0 Å². The van der Waals surface area contributed by atoms with Gasteiger partial charge in [0.15, 0.2) is 0 Å². The molecule has 1 saturated heterocycles. The molecule has 2 unspecified atom stereocenters. The molecule has 118 valence electrons. The molecule has 1 fully saturated rings. The Kier molecular flexibility index (Phi) is 5.39. The fraction of sp³-hybridized carbons (Fsp3) is 0.667. The molecule has 1 aromatic rings. The molecule has 1 aliphatic heterocycles. The quantitative estimate of drug-likeness (QED) is 0.826. The van der Waals surface area contributed by atoms with Gasteiger partial charge in [-0.15, -0.1) is 0 Å². The van der Waals surface area contributed by atoms with E-state index in [1.807, 2.05) is 0 Å². The SMILES string of the molecule is COC(=O)c1cc(CN2CCC(OC)CC2CN)oc1C. The Bertz CT molecular complexity index is 486. The van der Waals surface area contributed by atoms with Gasteiger partial charge in [0, 0.05) is 26.2 Å². The van der Waals surface area contributed by atoms with Crippen molar-refractivity contribution in [2.75, 3.05) is 27.3 Å². The maximum absolute atomic E-state index is 11.6. The first-order chi connectivity index (χ1) is 10.1. The van der Waals surface area contributed by atoms with Crippen LogP contribution in [0.25, 0.3) is 0 Å². The molecule has 0 saturated carbocycles. The topological polar surface area (TPSA) is 77.9 Å². The minimum absolute atomic E-state index is 0.274. The van der Waals surface area contributed by atoms with Crippen LogP contribution in [0.15, 0.2) is 10.5 Å². The number of aryl methyl sites for hydroxylation is 1. The average molecular weight is 296 g/mol. The molecule has 2 atom stereocenters. The van der Waals surface area contributed by atoms with Crippen molar-refractivity contribution in [3.8, 4) is 0 Å². The van der Waals surface area contributed by atoms with Gasteiger partial charge in [-0.05, 0) is 25.8 Å². The smallest absolute Gasteiger partial charge is 0.341 e. The first-order valence-corrected chi connectivity index (χ1v) is 7.23. The molecule has 2 N–H and O–H groups in total. The van der Waals surface area contributed by atoms with Crippen LogP contribution in [0.1, 0.15) is 34.7 Å². The maximum Gasteiger partial charge on any atom is 0.341 e. The summed E-state index contributed by atoms with van der Waals surface area (Å²) in [5, 5.41) is 0. The van der Waals surface area contributed by atoms with Gasteiger partial charge in [0.05, 0.1) is 19.8 Å². The van der Waals surface area contributed by atoms with Crippen molar-refractivity contribution in [3.05, 3.63) is 23.2 Å². The lowest BCUT2D eigenvalue weighted by molar-refractivity contribution is 0.00790. The molecule has 0 aromatic carbocycles. The first-order valence-electron chi connectivity index (χ1n) is 7.23. The van der Waals surface area contributed by atoms with Crippen LogP contribution in [0.2, 0.25) is 0 Å². The third-order valence-electron chi connectivity index (χ3n) is 4.13. The van der Waals surface area contributed by atoms with E-state index in [1.165, 1.54) is 7.11 Å². The van der Waals surface area contributed by atoms with Gasteiger partial charge < -0.3 is 19.6 Å². The summed E-state index contributed by atoms with van der Waals surface area (Å²) in [6.07, 6.45) is 2.19. The monoisotopic (exact) mass is 296 g/mol. The number of ether oxygens (including phenoxy) is 2. The first kappa shape index (κ1) is 16.0. The maximum atomic E-state index is 11.6. The van der Waals surface area contributed by atoms with Gasteiger partial charge in [0.1, 0.15) is 17.1 Å². The molecule has 0 bridgehead atoms. The average Bonchev–Trinajstić information content (AvgIpc) is 2.87. The van der Waals surface area contributed by atoms with Crippen LogP contribution in [-0.2, 0) is 16.0 Å². The normalized spacial score (nSPS) is 23.2. The lowest BCUT2D eigenvalue weighted by atomic mass is 9.99. The summed E-state index contributed by atoms with van der Waals surface area (Å²) < 4.78 is 15.8. The van der Waals surface area contributed by atoms with Crippen LogP contribution in [0.3, 0.4) is 0 Å². The predicted molar refractivity (Wildman–Crippen MR) is 78.1 cm³/mol. The molecular weight excluding hydrogens is 272 g/mol. The van der Waals surface area contributed by atoms with Crippen molar-refractivity contribution in [3.63, 3.8) is 0 Å². The summed E-state index contributed by atoms with van der Waals surface area (Å²) >= 11 is 0. The standard InChI is InChI=1S/C15H24N2O4/c1-10-14(15(18)20-3)7-13(21-10)9-17-5-4-12(19-2)6-11(17)8-16/h7,11-12H,4-6,8-9,16H2,1-3H3. The predicted octanol–water partition coefficient (Wildman–Crippen LogP) is 1.31. The second-order valence-electron chi connectivity index (χ2n) is 5.42. The Balaban J connectivity index is 2.05. The van der Waals surface area contributed by atoms with Crippen LogP contribution in [0.5, 0.6) is 0 Å². The molecule has 0 aliphatic carbocycles. The molecule has 1 aliphatic rings. The number of methoxy groups -OCH3 is 2. The molecular formula is C15H24N2O4. The second-order valence-corrected chi connectivity index (χ2v) is 5.42. The van der Waals surface area contributed by atoms with Gasteiger partial charge in [0.25, 0.3) is 0 Å². The van der Waals surface area contributed by atoms with E-state index in [-0.39, 0.29) is 18.1 Å². The van der Waals surface area contributed by atoms with E-state index in [2.05, 4.69) is 4.90 Å². The number of esters is 1. The lowest BCUT2D eigenvalue weighted by Crippen LogP contribution is -2.47. The number of piperidine rings is 1. The summed E-state index contributed by atoms with van der Waals surface area (Å²) in [5.74, 6) is 0.992. The van der Waals surface area contributed by atoms with E-state index in [9.17, 15) is 4.79 Å². The van der Waals surface area contributed by atoms with E-state index in [1.54, 1.807) is 20.1 Å². The van der Waals surface area contributed by atoms with Crippen molar-refractivity contribution in [2.45, 2.75) is 38.5 Å². The summed E-state index contributed by atoms with van der Waals surface area (Å²) in [6.45, 7) is 3.92. The minimum atomic E-state index is -0.365. The Morgan fingerprint density at radius 3 is 2.90 bits per heavy atom. The number of rotatable bonds is 5. The number of furan rings is 1. The molecule has 2 rings (SSSR count). The van der Waals surface area contributed by atoms with Gasteiger partial charge in [-0.1, -0.05) is 0 Å². The minimum Gasteiger partial charge on any atom is -0.465 e. The van der Waals surface area contributed by atoms with Gasteiger partial charge in [-0.2, -0.15) is 0 Å². The number of carbonyl (C=O) groups is 1. The number of nitrogens with zero attached hydrogens (tertiary/aromatic N) is 1. The molecule has 21 heavy (non-hydrogen) atoms. The molecule has 2 heterocycles. The van der Waals surface area contributed by atoms with Crippen molar-refractivity contribution < 1.29 is 18.7 Å². The van der Waals surface area contributed by atoms with Crippen LogP contribution in [0.4, 0.5) is 0 Å². The third kappa shape index (κ3) is 3.64. The van der Waals surface area contributed by atoms with Crippen molar-refractivity contribution in [2.24, 2.45) is 5.73 Å². The molecule has 6 nitrogen and oxygen atoms in total. The highest BCUT2D eigenvalue weighted by Crippen LogP contribution is 2.23. The zero-order valence-electron chi connectivity index (χ0n) is 12.9. The zero-order chi connectivity index (χ0) is 15.4. The van der Waals surface area contributed by atoms with Crippen LogP contribution in [-0.4, -0.2) is 50.3 Å². The molecule has 0 radical (unpaired) electrons. The highest BCUT2D eigenvalue weighted by molar-refractivity contribution is 5.90. The highest BCUT2D eigenvalue weighted by Gasteiger charge is 2.28. The fourth-order valence-corrected chi connectivity index (χ4v) is 2.86. The van der Waals surface area contributed by atoms with E-state index >= 15 is 0 Å². The third-order valence-corrected chi connectivity index (χ3v) is 4.13. The number of nitrogens with two attached hydrogens (primary N) is 1. The fourth-order valence-electron chi connectivity index (χ4n) is 2.86. The van der Waals surface area contributed by atoms with Crippen LogP contribution in [0, 0.1) is 6.92 Å². The van der Waals surface area contributed by atoms with Crippen molar-refractivity contribution in [1.82, 2.24) is 4.90 Å². The van der Waals surface area contributed by atoms with Gasteiger partial charge in [-0.25, -0.2) is 4.79 Å². The lowest BCUT2D eigenvalue weighted by Gasteiger charge is -2.37. The Labute approximate surface area is 125 Å². The zero-order valence-corrected chi connectivity index (χ0v) is 12.9. The van der Waals surface area contributed by atoms with Crippen LogP contribution >= 0.6 is 0 Å². The molecule has 0 spiro atoms. The summed E-state index contributed by atoms with van der Waals surface area (Å²) in [4.78, 5) is 13.9. The number of hydrogen-bond donors (Lipinski definition) is 1. The Hall–Kier alpha value is -1.37. The molecule has 6 heteroatoms. The number of likely N-dealkylation sites (tertiary alicyclic amines) is 1. The number of hydrogen-bond acceptors (Lipinski definition) is 6. The largest absolute Gasteiger partial charge is 0.465 e. The summed E-state index contributed by atoms with van der Waals surface area (Å²) in [6, 6.07) is 2.03. The molecule has 1 aromatic heterocycles. The van der Waals surface area contributed by atoms with Crippen molar-refractivity contribution >= 4 is 5.97 Å². The second kappa shape index (κ2) is 7.06. The van der Waals surface area contributed by atoms with Gasteiger partial charge in [0.2, 0.25) is 0 Å². The van der Waals surface area contributed by atoms with Gasteiger partial charge in [-0.3, -0.25) is 4.90 Å². The number of carbonyl (C=O) groups excluding carboxylic acids is 1. The van der Waals surface area contributed by atoms with E-state index in [4.69, 9.17) is 19.6 Å². The van der Waals surface area contributed by atoms with Gasteiger partial charge >= 0.3 is 5.97 Å². The summed E-state index contributed by atoms with van der Waals surface area (Å²) in [7, 11) is 3.11. The summed E-state index contributed by atoms with van der Waals surface area (Å²) in [5.41, 5.74) is 6.36. The van der Waals surface area contributed by atoms with E-state index in [0.717, 1.165) is 25.1 Å². The van der Waals surface area contributed by atoms with E-state index in [0.29, 0.717) is 24.4 Å².